The third kappa shape index (κ3) is 3.70. The van der Waals surface area contributed by atoms with Crippen LogP contribution < -0.4 is 0 Å². The quantitative estimate of drug-likeness (QED) is 0.868. The molecule has 0 bridgehead atoms. The molecule has 1 aromatic carbocycles. The summed E-state index contributed by atoms with van der Waals surface area (Å²) in [7, 11) is 0. The summed E-state index contributed by atoms with van der Waals surface area (Å²) < 4.78 is 38.5. The highest BCUT2D eigenvalue weighted by molar-refractivity contribution is 6.31. The van der Waals surface area contributed by atoms with Crippen LogP contribution in [0.3, 0.4) is 0 Å². The van der Waals surface area contributed by atoms with Crippen LogP contribution in [0.5, 0.6) is 0 Å². The number of carbonyl (C=O) groups is 2. The van der Waals surface area contributed by atoms with E-state index in [9.17, 15) is 22.8 Å². The number of Topliss-reactive ketones (excluding diaryl/α,β-unsaturated/α-hetero) is 1. The highest BCUT2D eigenvalue weighted by Gasteiger charge is 2.35. The van der Waals surface area contributed by atoms with E-state index in [2.05, 4.69) is 0 Å². The molecule has 0 aliphatic heterocycles. The normalized spacial score (nSPS) is 13.1. The van der Waals surface area contributed by atoms with Gasteiger partial charge in [0.2, 0.25) is 0 Å². The Hall–Kier alpha value is -1.56. The summed E-state index contributed by atoms with van der Waals surface area (Å²) in [5.41, 5.74) is -1.68. The number of hydrogen-bond donors (Lipinski definition) is 1. The zero-order valence-electron chi connectivity index (χ0n) is 9.79. The van der Waals surface area contributed by atoms with Gasteiger partial charge in [0.25, 0.3) is 0 Å². The smallest absolute Gasteiger partial charge is 0.416 e. The lowest BCUT2D eigenvalue weighted by atomic mass is 9.94. The minimum Gasteiger partial charge on any atom is -0.481 e. The van der Waals surface area contributed by atoms with Gasteiger partial charge in [-0.25, -0.2) is 0 Å². The highest BCUT2D eigenvalue weighted by atomic mass is 35.5. The number of halogens is 4. The van der Waals surface area contributed by atoms with Crippen molar-refractivity contribution in [3.63, 3.8) is 0 Å². The van der Waals surface area contributed by atoms with Crippen LogP contribution >= 0.6 is 11.6 Å². The number of alkyl halides is 4. The topological polar surface area (TPSA) is 54.4 Å². The molecule has 1 rings (SSSR count). The molecule has 0 saturated carbocycles. The number of rotatable bonds is 4. The van der Waals surface area contributed by atoms with E-state index >= 15 is 0 Å². The number of hydrogen-bond acceptors (Lipinski definition) is 2. The maximum absolute atomic E-state index is 12.8. The second-order valence-electron chi connectivity index (χ2n) is 3.91. The number of benzene rings is 1. The molecular formula is C12H10ClF3O3. The Labute approximate surface area is 112 Å². The zero-order chi connectivity index (χ0) is 14.8. The van der Waals surface area contributed by atoms with E-state index in [0.717, 1.165) is 19.1 Å². The Bertz CT molecular complexity index is 511. The fraction of sp³-hybridized carbons (Fsp3) is 0.333. The highest BCUT2D eigenvalue weighted by Crippen LogP contribution is 2.36. The van der Waals surface area contributed by atoms with Crippen LogP contribution in [0.4, 0.5) is 13.2 Å². The lowest BCUT2D eigenvalue weighted by Crippen LogP contribution is -2.16. The molecule has 0 aromatic heterocycles. The first-order valence-electron chi connectivity index (χ1n) is 5.20. The second-order valence-corrected chi connectivity index (χ2v) is 4.35. The Morgan fingerprint density at radius 2 is 1.95 bits per heavy atom. The Kier molecular flexibility index (Phi) is 4.57. The Morgan fingerprint density at radius 1 is 1.37 bits per heavy atom. The molecule has 0 aliphatic rings. The van der Waals surface area contributed by atoms with Crippen molar-refractivity contribution < 1.29 is 27.9 Å². The van der Waals surface area contributed by atoms with Crippen molar-refractivity contribution in [2.45, 2.75) is 24.9 Å². The molecule has 1 N–H and O–H groups in total. The molecule has 0 heterocycles. The second kappa shape index (κ2) is 5.61. The predicted molar refractivity (Wildman–Crippen MR) is 62.1 cm³/mol. The van der Waals surface area contributed by atoms with Crippen LogP contribution in [0.25, 0.3) is 0 Å². The Morgan fingerprint density at radius 3 is 2.37 bits per heavy atom. The first kappa shape index (κ1) is 15.5. The van der Waals surface area contributed by atoms with Gasteiger partial charge in [0, 0.05) is 0 Å². The van der Waals surface area contributed by atoms with E-state index < -0.39 is 40.9 Å². The molecule has 1 atom stereocenters. The lowest BCUT2D eigenvalue weighted by molar-refractivity contribution is -0.140. The molecule has 7 heteroatoms. The van der Waals surface area contributed by atoms with Crippen molar-refractivity contribution >= 4 is 23.4 Å². The van der Waals surface area contributed by atoms with Crippen LogP contribution in [0, 0.1) is 0 Å². The number of carboxylic acid groups (broad SMARTS) is 1. The molecule has 0 fully saturated rings. The summed E-state index contributed by atoms with van der Waals surface area (Å²) in [6, 6.07) is 3.10. The molecule has 0 spiro atoms. The summed E-state index contributed by atoms with van der Waals surface area (Å²) in [4.78, 5) is 21.9. The van der Waals surface area contributed by atoms with Gasteiger partial charge in [-0.05, 0) is 24.1 Å². The van der Waals surface area contributed by atoms with Gasteiger partial charge in [-0.15, -0.1) is 11.6 Å². The molecule has 0 aliphatic carbocycles. The molecule has 0 amide bonds. The monoisotopic (exact) mass is 294 g/mol. The van der Waals surface area contributed by atoms with Gasteiger partial charge in [0.1, 0.15) is 5.38 Å². The standard InChI is InChI=1S/C12H10ClF3O3/c1-6(17)11(13)7-3-2-4-9(12(14,15)16)8(7)5-10(18)19/h2-4,11H,5H2,1H3,(H,18,19). The largest absolute Gasteiger partial charge is 0.481 e. The molecule has 1 aromatic rings. The minimum absolute atomic E-state index is 0.119. The van der Waals surface area contributed by atoms with Crippen molar-refractivity contribution in [3.8, 4) is 0 Å². The van der Waals surface area contributed by atoms with E-state index in [-0.39, 0.29) is 5.56 Å². The van der Waals surface area contributed by atoms with Gasteiger partial charge < -0.3 is 5.11 Å². The SMILES string of the molecule is CC(=O)C(Cl)c1cccc(C(F)(F)F)c1CC(=O)O. The number of ketones is 1. The van der Waals surface area contributed by atoms with E-state index in [1.165, 1.54) is 6.07 Å². The first-order chi connectivity index (χ1) is 8.64. The van der Waals surface area contributed by atoms with Crippen LogP contribution in [-0.2, 0) is 22.2 Å². The summed E-state index contributed by atoms with van der Waals surface area (Å²) in [5, 5.41) is 7.41. The molecule has 1 unspecified atom stereocenters. The zero-order valence-corrected chi connectivity index (χ0v) is 10.5. The molecule has 3 nitrogen and oxygen atoms in total. The van der Waals surface area contributed by atoms with Crippen LogP contribution in [0.2, 0.25) is 0 Å². The molecule has 19 heavy (non-hydrogen) atoms. The predicted octanol–water partition coefficient (Wildman–Crippen LogP) is 3.20. The fourth-order valence-electron chi connectivity index (χ4n) is 1.68. The molecule has 104 valence electrons. The number of carbonyl (C=O) groups excluding carboxylic acids is 1. The van der Waals surface area contributed by atoms with Crippen molar-refractivity contribution in [3.05, 3.63) is 34.9 Å². The summed E-state index contributed by atoms with van der Waals surface area (Å²) in [6.45, 7) is 1.13. The average Bonchev–Trinajstić information content (AvgIpc) is 2.25. The van der Waals surface area contributed by atoms with E-state index in [4.69, 9.17) is 16.7 Å². The summed E-state index contributed by atoms with van der Waals surface area (Å²) in [5.74, 6) is -1.97. The Balaban J connectivity index is 3.47. The van der Waals surface area contributed by atoms with Crippen molar-refractivity contribution in [2.24, 2.45) is 0 Å². The van der Waals surface area contributed by atoms with Gasteiger partial charge in [0.05, 0.1) is 12.0 Å². The maximum Gasteiger partial charge on any atom is 0.416 e. The first-order valence-corrected chi connectivity index (χ1v) is 5.63. The number of carboxylic acids is 1. The number of aliphatic carboxylic acids is 1. The van der Waals surface area contributed by atoms with Crippen LogP contribution in [0.15, 0.2) is 18.2 Å². The van der Waals surface area contributed by atoms with Gasteiger partial charge in [0.15, 0.2) is 5.78 Å². The minimum atomic E-state index is -4.70. The van der Waals surface area contributed by atoms with Gasteiger partial charge in [-0.2, -0.15) is 13.2 Å². The van der Waals surface area contributed by atoms with E-state index in [1.54, 1.807) is 0 Å². The van der Waals surface area contributed by atoms with E-state index in [0.29, 0.717) is 0 Å². The van der Waals surface area contributed by atoms with Crippen LogP contribution in [-0.4, -0.2) is 16.9 Å². The third-order valence-electron chi connectivity index (χ3n) is 2.48. The molecule has 0 saturated heterocycles. The molecular weight excluding hydrogens is 285 g/mol. The van der Waals surface area contributed by atoms with E-state index in [1.807, 2.05) is 0 Å². The van der Waals surface area contributed by atoms with Crippen molar-refractivity contribution in [1.29, 1.82) is 0 Å². The van der Waals surface area contributed by atoms with Gasteiger partial charge in [-0.1, -0.05) is 12.1 Å². The van der Waals surface area contributed by atoms with Crippen molar-refractivity contribution in [1.82, 2.24) is 0 Å². The van der Waals surface area contributed by atoms with Crippen LogP contribution in [0.1, 0.15) is 29.0 Å². The van der Waals surface area contributed by atoms with Gasteiger partial charge >= 0.3 is 12.1 Å². The van der Waals surface area contributed by atoms with Crippen molar-refractivity contribution in [2.75, 3.05) is 0 Å². The third-order valence-corrected chi connectivity index (χ3v) is 3.02. The summed E-state index contributed by atoms with van der Waals surface area (Å²) >= 11 is 5.74. The molecule has 0 radical (unpaired) electrons. The maximum atomic E-state index is 12.8. The van der Waals surface area contributed by atoms with Gasteiger partial charge in [-0.3, -0.25) is 9.59 Å². The summed E-state index contributed by atoms with van der Waals surface area (Å²) in [6.07, 6.45) is -5.55. The lowest BCUT2D eigenvalue weighted by Gasteiger charge is -2.17. The average molecular weight is 295 g/mol. The fourth-order valence-corrected chi connectivity index (χ4v) is 1.88.